The maximum Gasteiger partial charge on any atom is 0.243 e. The standard InChI is InChI=1S/C16H24N2O2/c1-11(2)9-15(19)17-10-16(20)18-14-8-6-5-7-13(14)12(3)4/h5-8,11-12H,9-10H2,1-4H3,(H,17,19)(H,18,20). The lowest BCUT2D eigenvalue weighted by atomic mass is 10.0. The van der Waals surface area contributed by atoms with Crippen molar-refractivity contribution in [3.05, 3.63) is 29.8 Å². The monoisotopic (exact) mass is 276 g/mol. The van der Waals surface area contributed by atoms with Gasteiger partial charge in [0.2, 0.25) is 11.8 Å². The Hall–Kier alpha value is -1.84. The van der Waals surface area contributed by atoms with Crippen molar-refractivity contribution in [2.45, 2.75) is 40.0 Å². The number of benzene rings is 1. The molecule has 0 fully saturated rings. The predicted molar refractivity (Wildman–Crippen MR) is 81.6 cm³/mol. The third-order valence-electron chi connectivity index (χ3n) is 2.90. The fourth-order valence-electron chi connectivity index (χ4n) is 1.93. The molecule has 2 N–H and O–H groups in total. The largest absolute Gasteiger partial charge is 0.347 e. The van der Waals surface area contributed by atoms with E-state index in [9.17, 15) is 9.59 Å². The van der Waals surface area contributed by atoms with Gasteiger partial charge in [-0.15, -0.1) is 0 Å². The molecule has 20 heavy (non-hydrogen) atoms. The molecule has 0 heterocycles. The number of carbonyl (C=O) groups is 2. The molecule has 1 aromatic rings. The molecular formula is C16H24N2O2. The summed E-state index contributed by atoms with van der Waals surface area (Å²) in [7, 11) is 0. The minimum Gasteiger partial charge on any atom is -0.347 e. The first-order valence-electron chi connectivity index (χ1n) is 7.05. The zero-order chi connectivity index (χ0) is 15.1. The summed E-state index contributed by atoms with van der Waals surface area (Å²) >= 11 is 0. The van der Waals surface area contributed by atoms with E-state index in [2.05, 4.69) is 24.5 Å². The Morgan fingerprint density at radius 1 is 1.05 bits per heavy atom. The minimum absolute atomic E-state index is 0.0119. The second kappa shape index (κ2) is 7.68. The number of para-hydroxylation sites is 1. The summed E-state index contributed by atoms with van der Waals surface area (Å²) in [6.45, 7) is 8.11. The maximum atomic E-state index is 11.9. The van der Waals surface area contributed by atoms with Crippen LogP contribution in [0.5, 0.6) is 0 Å². The zero-order valence-electron chi connectivity index (χ0n) is 12.7. The number of hydrogen-bond acceptors (Lipinski definition) is 2. The van der Waals surface area contributed by atoms with Crippen LogP contribution in [0.3, 0.4) is 0 Å². The molecule has 2 amide bonds. The molecule has 0 aliphatic heterocycles. The van der Waals surface area contributed by atoms with Crippen molar-refractivity contribution in [3.63, 3.8) is 0 Å². The van der Waals surface area contributed by atoms with E-state index >= 15 is 0 Å². The fraction of sp³-hybridized carbons (Fsp3) is 0.500. The number of hydrogen-bond donors (Lipinski definition) is 2. The molecule has 0 saturated heterocycles. The molecule has 0 bridgehead atoms. The van der Waals surface area contributed by atoms with Crippen LogP contribution in [0.4, 0.5) is 5.69 Å². The van der Waals surface area contributed by atoms with Gasteiger partial charge in [0.05, 0.1) is 6.54 Å². The van der Waals surface area contributed by atoms with Crippen LogP contribution in [0.2, 0.25) is 0 Å². The fourth-order valence-corrected chi connectivity index (χ4v) is 1.93. The Morgan fingerprint density at radius 2 is 1.70 bits per heavy atom. The lowest BCUT2D eigenvalue weighted by Gasteiger charge is -2.14. The molecular weight excluding hydrogens is 252 g/mol. The molecule has 0 aliphatic rings. The van der Waals surface area contributed by atoms with Gasteiger partial charge in [-0.05, 0) is 23.5 Å². The SMILES string of the molecule is CC(C)CC(=O)NCC(=O)Nc1ccccc1C(C)C. The molecule has 0 aliphatic carbocycles. The van der Waals surface area contributed by atoms with Gasteiger partial charge in [0.15, 0.2) is 0 Å². The van der Waals surface area contributed by atoms with Crippen molar-refractivity contribution in [3.8, 4) is 0 Å². The number of carbonyl (C=O) groups excluding carboxylic acids is 2. The first kappa shape index (κ1) is 16.2. The van der Waals surface area contributed by atoms with Crippen LogP contribution in [-0.4, -0.2) is 18.4 Å². The summed E-state index contributed by atoms with van der Waals surface area (Å²) in [6.07, 6.45) is 0.440. The summed E-state index contributed by atoms with van der Waals surface area (Å²) in [4.78, 5) is 23.3. The van der Waals surface area contributed by atoms with Crippen LogP contribution >= 0.6 is 0 Å². The van der Waals surface area contributed by atoms with Crippen LogP contribution in [0.15, 0.2) is 24.3 Å². The van der Waals surface area contributed by atoms with Gasteiger partial charge in [-0.3, -0.25) is 9.59 Å². The number of nitrogens with one attached hydrogen (secondary N) is 2. The van der Waals surface area contributed by atoms with Gasteiger partial charge in [0.25, 0.3) is 0 Å². The van der Waals surface area contributed by atoms with Crippen LogP contribution in [-0.2, 0) is 9.59 Å². The van der Waals surface area contributed by atoms with Crippen molar-refractivity contribution in [1.82, 2.24) is 5.32 Å². The van der Waals surface area contributed by atoms with Crippen LogP contribution in [0.1, 0.15) is 45.6 Å². The molecule has 0 radical (unpaired) electrons. The highest BCUT2D eigenvalue weighted by Gasteiger charge is 2.10. The first-order chi connectivity index (χ1) is 9.40. The smallest absolute Gasteiger partial charge is 0.243 e. The minimum atomic E-state index is -0.199. The van der Waals surface area contributed by atoms with Crippen molar-refractivity contribution >= 4 is 17.5 Å². The van der Waals surface area contributed by atoms with Gasteiger partial charge in [-0.1, -0.05) is 45.9 Å². The predicted octanol–water partition coefficient (Wildman–Crippen LogP) is 2.91. The number of rotatable bonds is 6. The highest BCUT2D eigenvalue weighted by atomic mass is 16.2. The molecule has 0 saturated carbocycles. The quantitative estimate of drug-likeness (QED) is 0.839. The summed E-state index contributed by atoms with van der Waals surface area (Å²) in [5, 5.41) is 5.48. The van der Waals surface area contributed by atoms with Crippen LogP contribution < -0.4 is 10.6 Å². The first-order valence-corrected chi connectivity index (χ1v) is 7.05. The molecule has 4 heteroatoms. The Kier molecular flexibility index (Phi) is 6.22. The highest BCUT2D eigenvalue weighted by molar-refractivity contribution is 5.95. The topological polar surface area (TPSA) is 58.2 Å². The number of anilines is 1. The molecule has 0 spiro atoms. The lowest BCUT2D eigenvalue weighted by Crippen LogP contribution is -2.33. The lowest BCUT2D eigenvalue weighted by molar-refractivity contribution is -0.124. The average Bonchev–Trinajstić information content (AvgIpc) is 2.36. The van der Waals surface area contributed by atoms with Crippen molar-refractivity contribution in [2.24, 2.45) is 5.92 Å². The van der Waals surface area contributed by atoms with Crippen molar-refractivity contribution < 1.29 is 9.59 Å². The van der Waals surface area contributed by atoms with Gasteiger partial charge in [-0.25, -0.2) is 0 Å². The Morgan fingerprint density at radius 3 is 2.30 bits per heavy atom. The summed E-state index contributed by atoms with van der Waals surface area (Å²) in [5.74, 6) is 0.337. The molecule has 4 nitrogen and oxygen atoms in total. The Labute approximate surface area is 121 Å². The number of amides is 2. The zero-order valence-corrected chi connectivity index (χ0v) is 12.7. The summed E-state index contributed by atoms with van der Waals surface area (Å²) in [5.41, 5.74) is 1.90. The van der Waals surface area contributed by atoms with E-state index in [1.165, 1.54) is 0 Å². The third kappa shape index (κ3) is 5.43. The van der Waals surface area contributed by atoms with E-state index in [1.807, 2.05) is 38.1 Å². The average molecular weight is 276 g/mol. The van der Waals surface area contributed by atoms with Gasteiger partial charge in [0.1, 0.15) is 0 Å². The maximum absolute atomic E-state index is 11.9. The molecule has 1 aromatic carbocycles. The molecule has 1 rings (SSSR count). The van der Waals surface area contributed by atoms with E-state index in [0.717, 1.165) is 11.3 Å². The van der Waals surface area contributed by atoms with Crippen molar-refractivity contribution in [1.29, 1.82) is 0 Å². The Bertz CT molecular complexity index is 467. The van der Waals surface area contributed by atoms with E-state index in [1.54, 1.807) is 0 Å². The summed E-state index contributed by atoms with van der Waals surface area (Å²) < 4.78 is 0. The molecule has 0 atom stereocenters. The third-order valence-corrected chi connectivity index (χ3v) is 2.90. The van der Waals surface area contributed by atoms with E-state index in [4.69, 9.17) is 0 Å². The normalized spacial score (nSPS) is 10.7. The second-order valence-corrected chi connectivity index (χ2v) is 5.66. The van der Waals surface area contributed by atoms with Gasteiger partial charge < -0.3 is 10.6 Å². The molecule has 110 valence electrons. The molecule has 0 unspecified atom stereocenters. The second-order valence-electron chi connectivity index (χ2n) is 5.66. The van der Waals surface area contributed by atoms with E-state index in [-0.39, 0.29) is 18.4 Å². The van der Waals surface area contributed by atoms with Crippen molar-refractivity contribution in [2.75, 3.05) is 11.9 Å². The van der Waals surface area contributed by atoms with E-state index in [0.29, 0.717) is 18.3 Å². The van der Waals surface area contributed by atoms with Gasteiger partial charge >= 0.3 is 0 Å². The van der Waals surface area contributed by atoms with E-state index < -0.39 is 0 Å². The Balaban J connectivity index is 2.53. The van der Waals surface area contributed by atoms with Gasteiger partial charge in [0, 0.05) is 12.1 Å². The van der Waals surface area contributed by atoms with Crippen LogP contribution in [0.25, 0.3) is 0 Å². The van der Waals surface area contributed by atoms with Crippen LogP contribution in [0, 0.1) is 5.92 Å². The molecule has 0 aromatic heterocycles. The highest BCUT2D eigenvalue weighted by Crippen LogP contribution is 2.23. The summed E-state index contributed by atoms with van der Waals surface area (Å²) in [6, 6.07) is 7.72. The van der Waals surface area contributed by atoms with Gasteiger partial charge in [-0.2, -0.15) is 0 Å².